The number of carboxylic acid groups (broad SMARTS) is 1. The molecule has 0 aromatic carbocycles. The SMILES string of the molecule is CCc1cc(C(=O)O)cc(N2CCN(C(=O)OC(C)(C)C)CC2)n1. The number of aryl methyl sites for hydroxylation is 1. The third-order valence-electron chi connectivity index (χ3n) is 3.73. The second-order valence-electron chi connectivity index (χ2n) is 6.82. The minimum absolute atomic E-state index is 0.242. The molecule has 1 aromatic rings. The monoisotopic (exact) mass is 335 g/mol. The molecule has 1 aromatic heterocycles. The van der Waals surface area contributed by atoms with Crippen molar-refractivity contribution in [1.29, 1.82) is 0 Å². The van der Waals surface area contributed by atoms with Gasteiger partial charge in [0, 0.05) is 31.9 Å². The van der Waals surface area contributed by atoms with Crippen molar-refractivity contribution in [3.05, 3.63) is 23.4 Å². The van der Waals surface area contributed by atoms with Gasteiger partial charge in [-0.1, -0.05) is 6.92 Å². The van der Waals surface area contributed by atoms with Gasteiger partial charge >= 0.3 is 12.1 Å². The lowest BCUT2D eigenvalue weighted by atomic mass is 10.2. The Hall–Kier alpha value is -2.31. The summed E-state index contributed by atoms with van der Waals surface area (Å²) in [5.41, 5.74) is 0.479. The van der Waals surface area contributed by atoms with Gasteiger partial charge < -0.3 is 19.6 Å². The van der Waals surface area contributed by atoms with Gasteiger partial charge in [0.05, 0.1) is 5.56 Å². The average Bonchev–Trinajstić information content (AvgIpc) is 2.52. The van der Waals surface area contributed by atoms with Crippen LogP contribution in [0.4, 0.5) is 10.6 Å². The summed E-state index contributed by atoms with van der Waals surface area (Å²) in [5, 5.41) is 9.23. The van der Waals surface area contributed by atoms with Gasteiger partial charge in [0.2, 0.25) is 0 Å². The van der Waals surface area contributed by atoms with Crippen LogP contribution in [-0.2, 0) is 11.2 Å². The zero-order valence-electron chi connectivity index (χ0n) is 14.7. The molecule has 0 bridgehead atoms. The average molecular weight is 335 g/mol. The number of nitrogens with zero attached hydrogens (tertiary/aromatic N) is 3. The lowest BCUT2D eigenvalue weighted by Crippen LogP contribution is -2.50. The third kappa shape index (κ3) is 4.59. The molecule has 1 aliphatic heterocycles. The highest BCUT2D eigenvalue weighted by atomic mass is 16.6. The summed E-state index contributed by atoms with van der Waals surface area (Å²) in [7, 11) is 0. The molecule has 0 spiro atoms. The smallest absolute Gasteiger partial charge is 0.410 e. The Morgan fingerprint density at radius 1 is 1.21 bits per heavy atom. The summed E-state index contributed by atoms with van der Waals surface area (Å²) in [6, 6.07) is 3.19. The van der Waals surface area contributed by atoms with E-state index in [4.69, 9.17) is 4.74 Å². The van der Waals surface area contributed by atoms with Gasteiger partial charge in [-0.3, -0.25) is 0 Å². The Morgan fingerprint density at radius 3 is 2.33 bits per heavy atom. The number of hydrogen-bond acceptors (Lipinski definition) is 5. The molecule has 2 rings (SSSR count). The molecule has 7 nitrogen and oxygen atoms in total. The highest BCUT2D eigenvalue weighted by Gasteiger charge is 2.26. The number of aromatic nitrogens is 1. The fourth-order valence-electron chi connectivity index (χ4n) is 2.48. The number of rotatable bonds is 3. The molecular weight excluding hydrogens is 310 g/mol. The number of ether oxygens (including phenoxy) is 1. The van der Waals surface area contributed by atoms with Crippen molar-refractivity contribution in [3.63, 3.8) is 0 Å². The van der Waals surface area contributed by atoms with Crippen LogP contribution in [0.15, 0.2) is 12.1 Å². The van der Waals surface area contributed by atoms with Crippen molar-refractivity contribution in [2.45, 2.75) is 39.7 Å². The minimum Gasteiger partial charge on any atom is -0.478 e. The lowest BCUT2D eigenvalue weighted by molar-refractivity contribution is 0.0240. The van der Waals surface area contributed by atoms with Crippen LogP contribution in [0.3, 0.4) is 0 Å². The van der Waals surface area contributed by atoms with Crippen LogP contribution in [-0.4, -0.2) is 58.8 Å². The van der Waals surface area contributed by atoms with E-state index in [-0.39, 0.29) is 11.7 Å². The minimum atomic E-state index is -0.958. The van der Waals surface area contributed by atoms with Crippen molar-refractivity contribution in [2.24, 2.45) is 0 Å². The number of carbonyl (C=O) groups is 2. The van der Waals surface area contributed by atoms with Crippen molar-refractivity contribution < 1.29 is 19.4 Å². The van der Waals surface area contributed by atoms with Crippen LogP contribution in [0.25, 0.3) is 0 Å². The molecule has 0 atom stereocenters. The molecule has 0 saturated carbocycles. The fourth-order valence-corrected chi connectivity index (χ4v) is 2.48. The summed E-state index contributed by atoms with van der Waals surface area (Å²) in [6.45, 7) is 9.71. The van der Waals surface area contributed by atoms with Gasteiger partial charge in [-0.2, -0.15) is 0 Å². The van der Waals surface area contributed by atoms with E-state index >= 15 is 0 Å². The summed E-state index contributed by atoms with van der Waals surface area (Å²) in [6.07, 6.45) is 0.357. The van der Waals surface area contributed by atoms with Gasteiger partial charge in [0.15, 0.2) is 0 Å². The Balaban J connectivity index is 2.05. The van der Waals surface area contributed by atoms with Gasteiger partial charge in [0.25, 0.3) is 0 Å². The predicted molar refractivity (Wildman–Crippen MR) is 90.6 cm³/mol. The fraction of sp³-hybridized carbons (Fsp3) is 0.588. The van der Waals surface area contributed by atoms with Crippen LogP contribution in [0.1, 0.15) is 43.7 Å². The van der Waals surface area contributed by atoms with Crippen molar-refractivity contribution in [2.75, 3.05) is 31.1 Å². The number of hydrogen-bond donors (Lipinski definition) is 1. The highest BCUT2D eigenvalue weighted by Crippen LogP contribution is 2.19. The normalized spacial score (nSPS) is 15.3. The van der Waals surface area contributed by atoms with E-state index < -0.39 is 11.6 Å². The molecule has 1 N–H and O–H groups in total. The molecule has 132 valence electrons. The van der Waals surface area contributed by atoms with Crippen LogP contribution < -0.4 is 4.90 Å². The molecule has 1 aliphatic rings. The first-order valence-corrected chi connectivity index (χ1v) is 8.16. The Bertz CT molecular complexity index is 617. The molecule has 0 unspecified atom stereocenters. The van der Waals surface area contributed by atoms with Crippen molar-refractivity contribution in [3.8, 4) is 0 Å². The third-order valence-corrected chi connectivity index (χ3v) is 3.73. The Kier molecular flexibility index (Phi) is 5.31. The second kappa shape index (κ2) is 7.07. The van der Waals surface area contributed by atoms with Gasteiger partial charge in [-0.25, -0.2) is 14.6 Å². The molecule has 1 saturated heterocycles. The maximum absolute atomic E-state index is 12.1. The zero-order valence-corrected chi connectivity index (χ0v) is 14.7. The Labute approximate surface area is 142 Å². The lowest BCUT2D eigenvalue weighted by Gasteiger charge is -2.36. The number of aromatic carboxylic acids is 1. The summed E-state index contributed by atoms with van der Waals surface area (Å²) in [4.78, 5) is 31.5. The van der Waals surface area contributed by atoms with Crippen LogP contribution >= 0.6 is 0 Å². The number of piperazine rings is 1. The first kappa shape index (κ1) is 18.0. The zero-order chi connectivity index (χ0) is 17.9. The van der Waals surface area contributed by atoms with E-state index in [1.807, 2.05) is 32.6 Å². The Morgan fingerprint density at radius 2 is 1.83 bits per heavy atom. The van der Waals surface area contributed by atoms with Crippen molar-refractivity contribution >= 4 is 17.9 Å². The van der Waals surface area contributed by atoms with Gasteiger partial charge in [-0.15, -0.1) is 0 Å². The maximum Gasteiger partial charge on any atom is 0.410 e. The standard InChI is InChI=1S/C17H25N3O4/c1-5-13-10-12(15(21)22)11-14(18-13)19-6-8-20(9-7-19)16(23)24-17(2,3)4/h10-11H,5-9H2,1-4H3,(H,21,22). The van der Waals surface area contributed by atoms with Crippen LogP contribution in [0.5, 0.6) is 0 Å². The number of carboxylic acids is 1. The molecule has 24 heavy (non-hydrogen) atoms. The highest BCUT2D eigenvalue weighted by molar-refractivity contribution is 5.88. The number of carbonyl (C=O) groups excluding carboxylic acids is 1. The first-order chi connectivity index (χ1) is 11.2. The largest absolute Gasteiger partial charge is 0.478 e. The van der Waals surface area contributed by atoms with E-state index in [9.17, 15) is 14.7 Å². The maximum atomic E-state index is 12.1. The van der Waals surface area contributed by atoms with Crippen molar-refractivity contribution in [1.82, 2.24) is 9.88 Å². The summed E-state index contributed by atoms with van der Waals surface area (Å²) in [5.74, 6) is -0.309. The van der Waals surface area contributed by atoms with E-state index in [1.54, 1.807) is 17.0 Å². The molecule has 0 aliphatic carbocycles. The van der Waals surface area contributed by atoms with E-state index in [0.717, 1.165) is 5.69 Å². The number of amides is 1. The molecule has 1 fully saturated rings. The second-order valence-corrected chi connectivity index (χ2v) is 6.82. The number of pyridine rings is 1. The van der Waals surface area contributed by atoms with Gasteiger partial charge in [-0.05, 0) is 39.3 Å². The van der Waals surface area contributed by atoms with E-state index in [1.165, 1.54) is 0 Å². The molecule has 0 radical (unpaired) electrons. The van der Waals surface area contributed by atoms with Crippen LogP contribution in [0.2, 0.25) is 0 Å². The molecule has 2 heterocycles. The predicted octanol–water partition coefficient (Wildman–Crippen LogP) is 2.40. The van der Waals surface area contributed by atoms with E-state index in [0.29, 0.717) is 38.4 Å². The van der Waals surface area contributed by atoms with E-state index in [2.05, 4.69) is 4.98 Å². The van der Waals surface area contributed by atoms with Crippen LogP contribution in [0, 0.1) is 0 Å². The molecule has 1 amide bonds. The molecule has 7 heteroatoms. The topological polar surface area (TPSA) is 83.0 Å². The molecular formula is C17H25N3O4. The first-order valence-electron chi connectivity index (χ1n) is 8.16. The summed E-state index contributed by atoms with van der Waals surface area (Å²) >= 11 is 0. The number of anilines is 1. The van der Waals surface area contributed by atoms with Gasteiger partial charge in [0.1, 0.15) is 11.4 Å². The quantitative estimate of drug-likeness (QED) is 0.913. The summed E-state index contributed by atoms with van der Waals surface area (Å²) < 4.78 is 5.38.